The SMILES string of the molecule is CN(C)Cc1nc(Nc2ccc(-c3cnc4cc(F)ccn34)c3c2C(=O)N(C(=O)OC(C)(C)C)C3)ccc1[C@H]1CC[C@@H](O)C1. The normalized spacial score (nSPS) is 18.4. The van der Waals surface area contributed by atoms with E-state index in [1.807, 2.05) is 26.2 Å². The summed E-state index contributed by atoms with van der Waals surface area (Å²) in [5, 5.41) is 13.5. The third-order valence-electron chi connectivity index (χ3n) is 8.04. The van der Waals surface area contributed by atoms with Gasteiger partial charge in [-0.05, 0) is 89.4 Å². The molecule has 44 heavy (non-hydrogen) atoms. The zero-order valence-corrected chi connectivity index (χ0v) is 25.6. The van der Waals surface area contributed by atoms with Crippen LogP contribution in [0, 0.1) is 5.82 Å². The van der Waals surface area contributed by atoms with Crippen LogP contribution in [0.4, 0.5) is 20.7 Å². The third-order valence-corrected chi connectivity index (χ3v) is 8.04. The summed E-state index contributed by atoms with van der Waals surface area (Å²) in [4.78, 5) is 39.5. The third kappa shape index (κ3) is 5.77. The fourth-order valence-corrected chi connectivity index (χ4v) is 6.14. The highest BCUT2D eigenvalue weighted by molar-refractivity contribution is 6.11. The molecular weight excluding hydrogens is 563 g/mol. The van der Waals surface area contributed by atoms with Crippen molar-refractivity contribution in [2.45, 2.75) is 70.7 Å². The Morgan fingerprint density at radius 3 is 2.68 bits per heavy atom. The maximum Gasteiger partial charge on any atom is 0.417 e. The van der Waals surface area contributed by atoms with Crippen molar-refractivity contribution in [3.8, 4) is 11.3 Å². The number of aliphatic hydroxyl groups is 1. The first-order chi connectivity index (χ1) is 20.9. The summed E-state index contributed by atoms with van der Waals surface area (Å²) >= 11 is 0. The second kappa shape index (κ2) is 11.3. The number of imide groups is 1. The van der Waals surface area contributed by atoms with E-state index in [1.165, 1.54) is 12.1 Å². The van der Waals surface area contributed by atoms with Crippen LogP contribution in [0.2, 0.25) is 0 Å². The Kier molecular flexibility index (Phi) is 7.63. The van der Waals surface area contributed by atoms with E-state index in [0.717, 1.165) is 35.4 Å². The van der Waals surface area contributed by atoms with Crippen molar-refractivity contribution < 1.29 is 23.8 Å². The van der Waals surface area contributed by atoms with Gasteiger partial charge in [-0.1, -0.05) is 12.1 Å². The molecule has 1 aliphatic heterocycles. The van der Waals surface area contributed by atoms with E-state index in [0.29, 0.717) is 46.1 Å². The van der Waals surface area contributed by atoms with Gasteiger partial charge in [0.05, 0.1) is 41.5 Å². The summed E-state index contributed by atoms with van der Waals surface area (Å²) in [6.45, 7) is 5.88. The molecule has 0 unspecified atom stereocenters. The van der Waals surface area contributed by atoms with Crippen LogP contribution in [0.15, 0.2) is 48.8 Å². The Bertz CT molecular complexity index is 1760. The van der Waals surface area contributed by atoms with E-state index >= 15 is 0 Å². The van der Waals surface area contributed by atoms with Gasteiger partial charge in [-0.2, -0.15) is 0 Å². The van der Waals surface area contributed by atoms with Gasteiger partial charge in [0.15, 0.2) is 0 Å². The lowest BCUT2D eigenvalue weighted by Gasteiger charge is -2.23. The summed E-state index contributed by atoms with van der Waals surface area (Å²) in [7, 11) is 3.97. The molecule has 10 nitrogen and oxygen atoms in total. The van der Waals surface area contributed by atoms with Crippen molar-refractivity contribution in [3.05, 3.63) is 77.0 Å². The van der Waals surface area contributed by atoms with E-state index in [9.17, 15) is 19.1 Å². The van der Waals surface area contributed by atoms with Gasteiger partial charge in [0.2, 0.25) is 0 Å². The lowest BCUT2D eigenvalue weighted by Crippen LogP contribution is -2.37. The molecule has 2 aliphatic rings. The number of imidazole rings is 1. The number of benzene rings is 1. The number of pyridine rings is 2. The first-order valence-corrected chi connectivity index (χ1v) is 14.8. The molecule has 0 saturated heterocycles. The van der Waals surface area contributed by atoms with Crippen molar-refractivity contribution in [2.24, 2.45) is 0 Å². The Labute approximate surface area is 255 Å². The van der Waals surface area contributed by atoms with Crippen LogP contribution in [-0.4, -0.2) is 67.1 Å². The molecule has 0 bridgehead atoms. The van der Waals surface area contributed by atoms with E-state index in [4.69, 9.17) is 9.72 Å². The quantitative estimate of drug-likeness (QED) is 0.283. The highest BCUT2D eigenvalue weighted by Gasteiger charge is 2.39. The molecule has 0 radical (unpaired) electrons. The molecule has 0 spiro atoms. The van der Waals surface area contributed by atoms with E-state index in [1.54, 1.807) is 43.6 Å². The second-order valence-electron chi connectivity index (χ2n) is 12.9. The summed E-state index contributed by atoms with van der Waals surface area (Å²) in [6, 6.07) is 10.3. The topological polar surface area (TPSA) is 112 Å². The number of halogens is 1. The smallest absolute Gasteiger partial charge is 0.417 e. The maximum atomic E-state index is 13.9. The number of carbonyl (C=O) groups is 2. The molecule has 2 amide bonds. The van der Waals surface area contributed by atoms with Crippen molar-refractivity contribution >= 4 is 29.2 Å². The minimum absolute atomic E-state index is 0.00458. The predicted octanol–water partition coefficient (Wildman–Crippen LogP) is 5.86. The van der Waals surface area contributed by atoms with Crippen LogP contribution < -0.4 is 5.32 Å². The number of ether oxygens (including phenoxy) is 1. The fraction of sp³-hybridized carbons (Fsp3) is 0.394. The monoisotopic (exact) mass is 600 g/mol. The average molecular weight is 601 g/mol. The molecule has 1 aliphatic carbocycles. The average Bonchev–Trinajstić information content (AvgIpc) is 3.65. The molecule has 6 rings (SSSR count). The van der Waals surface area contributed by atoms with Crippen LogP contribution >= 0.6 is 0 Å². The second-order valence-corrected chi connectivity index (χ2v) is 12.9. The minimum atomic E-state index is -0.786. The van der Waals surface area contributed by atoms with E-state index in [-0.39, 0.29) is 18.6 Å². The van der Waals surface area contributed by atoms with E-state index in [2.05, 4.69) is 21.3 Å². The van der Waals surface area contributed by atoms with Crippen LogP contribution in [0.3, 0.4) is 0 Å². The first kappa shape index (κ1) is 29.7. The molecule has 4 aromatic rings. The van der Waals surface area contributed by atoms with Gasteiger partial charge in [-0.3, -0.25) is 9.20 Å². The number of nitrogens with zero attached hydrogens (tertiary/aromatic N) is 5. The molecule has 230 valence electrons. The van der Waals surface area contributed by atoms with Crippen molar-refractivity contribution in [3.63, 3.8) is 0 Å². The number of aromatic nitrogens is 3. The molecule has 1 aromatic carbocycles. The van der Waals surface area contributed by atoms with Crippen molar-refractivity contribution in [2.75, 3.05) is 19.4 Å². The molecule has 2 atom stereocenters. The molecule has 1 saturated carbocycles. The number of hydrogen-bond acceptors (Lipinski definition) is 8. The molecule has 3 aromatic heterocycles. The largest absolute Gasteiger partial charge is 0.443 e. The number of rotatable bonds is 6. The van der Waals surface area contributed by atoms with Gasteiger partial charge in [0.25, 0.3) is 5.91 Å². The van der Waals surface area contributed by atoms with Crippen LogP contribution in [0.25, 0.3) is 16.9 Å². The van der Waals surface area contributed by atoms with E-state index < -0.39 is 23.4 Å². The van der Waals surface area contributed by atoms with Crippen LogP contribution in [0.5, 0.6) is 0 Å². The zero-order valence-electron chi connectivity index (χ0n) is 25.6. The van der Waals surface area contributed by atoms with Gasteiger partial charge in [-0.25, -0.2) is 24.1 Å². The summed E-state index contributed by atoms with van der Waals surface area (Å²) in [5.41, 5.74) is 4.50. The molecule has 1 fully saturated rings. The Balaban J connectivity index is 1.41. The predicted molar refractivity (Wildman–Crippen MR) is 164 cm³/mol. The summed E-state index contributed by atoms with van der Waals surface area (Å²) < 4.78 is 21.2. The number of hydrogen-bond donors (Lipinski definition) is 2. The molecule has 4 heterocycles. The van der Waals surface area contributed by atoms with Crippen LogP contribution in [-0.2, 0) is 17.8 Å². The number of amides is 2. The zero-order chi connectivity index (χ0) is 31.3. The van der Waals surface area contributed by atoms with Gasteiger partial charge in [0.1, 0.15) is 22.9 Å². The summed E-state index contributed by atoms with van der Waals surface area (Å²) in [5.74, 6) is -0.0775. The first-order valence-electron chi connectivity index (χ1n) is 14.8. The highest BCUT2D eigenvalue weighted by atomic mass is 19.1. The Morgan fingerprint density at radius 2 is 1.98 bits per heavy atom. The Morgan fingerprint density at radius 1 is 1.18 bits per heavy atom. The number of aliphatic hydroxyl groups excluding tert-OH is 1. The molecular formula is C33H37FN6O4. The molecule has 2 N–H and O–H groups in total. The Hall–Kier alpha value is -4.35. The van der Waals surface area contributed by atoms with Crippen LogP contribution in [0.1, 0.15) is 73.1 Å². The summed E-state index contributed by atoms with van der Waals surface area (Å²) in [6.07, 6.45) is 4.61. The lowest BCUT2D eigenvalue weighted by molar-refractivity contribution is 0.0248. The van der Waals surface area contributed by atoms with Gasteiger partial charge < -0.3 is 20.1 Å². The standard InChI is InChI=1S/C33H37FN6O4/c1-33(2,3)44-32(43)40-17-24-23(27-16-35-29-15-20(34)12-13-39(27)29)8-10-25(30(24)31(40)42)36-28-11-9-22(19-6-7-21(41)14-19)26(37-28)18-38(4)5/h8-13,15-16,19,21,41H,6-7,14,17-18H2,1-5H3,(H,36,37)/t19-,21+/m0/s1. The molecule has 11 heteroatoms. The maximum absolute atomic E-state index is 13.9. The van der Waals surface area contributed by atoms with Gasteiger partial charge >= 0.3 is 6.09 Å². The fourth-order valence-electron chi connectivity index (χ4n) is 6.14. The van der Waals surface area contributed by atoms with Crippen molar-refractivity contribution in [1.82, 2.24) is 24.2 Å². The minimum Gasteiger partial charge on any atom is -0.443 e. The lowest BCUT2D eigenvalue weighted by atomic mass is 9.95. The number of carbonyl (C=O) groups excluding carboxylic acids is 2. The number of fused-ring (bicyclic) bond motifs is 2. The number of anilines is 2. The van der Waals surface area contributed by atoms with Crippen molar-refractivity contribution in [1.29, 1.82) is 0 Å². The van der Waals surface area contributed by atoms with Gasteiger partial charge in [0, 0.05) is 24.4 Å². The highest BCUT2D eigenvalue weighted by Crippen LogP contribution is 2.40. The van der Waals surface area contributed by atoms with Gasteiger partial charge in [-0.15, -0.1) is 0 Å². The number of nitrogens with one attached hydrogen (secondary N) is 1.